The number of benzene rings is 1. The molecule has 7 heteroatoms. The maximum absolute atomic E-state index is 9.74. The number of aliphatic hydroxyl groups is 1. The van der Waals surface area contributed by atoms with Gasteiger partial charge in [-0.3, -0.25) is 0 Å². The summed E-state index contributed by atoms with van der Waals surface area (Å²) >= 11 is 0. The van der Waals surface area contributed by atoms with Gasteiger partial charge in [0, 0.05) is 11.9 Å². The lowest BCUT2D eigenvalue weighted by Crippen LogP contribution is -2.31. The molecular formula is C24H36BN3O3. The monoisotopic (exact) mass is 425 g/mol. The van der Waals surface area contributed by atoms with Crippen molar-refractivity contribution in [3.05, 3.63) is 23.4 Å². The summed E-state index contributed by atoms with van der Waals surface area (Å²) in [6.07, 6.45) is 8.08. The Balaban J connectivity index is 1.46. The number of fused-ring (bicyclic) bond motifs is 1. The van der Waals surface area contributed by atoms with Gasteiger partial charge in [-0.2, -0.15) is 0 Å². The number of aromatic nitrogens is 1. The van der Waals surface area contributed by atoms with Crippen LogP contribution >= 0.6 is 0 Å². The standard InChI is InChI=1S/C24H36BN3O3/c1-27(2)15-21-23(30-16-18-3-6-19(29)7-4-18)10-8-20-22(26-31-24(20)21)9-5-17-11-13-28(25)14-12-17/h8,10,17-19,29H,3-7,9,11-16H2,1-2H3. The molecule has 4 rings (SSSR count). The third-order valence-corrected chi connectivity index (χ3v) is 6.98. The first kappa shape index (κ1) is 22.6. The van der Waals surface area contributed by atoms with E-state index in [4.69, 9.17) is 17.2 Å². The third kappa shape index (κ3) is 5.82. The quantitative estimate of drug-likeness (QED) is 0.653. The van der Waals surface area contributed by atoms with Crippen LogP contribution in [0.25, 0.3) is 11.0 Å². The van der Waals surface area contributed by atoms with Crippen molar-refractivity contribution < 1.29 is 14.4 Å². The van der Waals surface area contributed by atoms with Crippen molar-refractivity contribution in [1.82, 2.24) is 14.9 Å². The van der Waals surface area contributed by atoms with Gasteiger partial charge in [-0.25, -0.2) is 0 Å². The highest BCUT2D eigenvalue weighted by atomic mass is 16.5. The van der Waals surface area contributed by atoms with Gasteiger partial charge < -0.3 is 24.1 Å². The molecular weight excluding hydrogens is 389 g/mol. The minimum Gasteiger partial charge on any atom is -0.493 e. The van der Waals surface area contributed by atoms with E-state index in [-0.39, 0.29) is 6.10 Å². The molecule has 1 saturated carbocycles. The Bertz CT molecular complexity index is 840. The molecule has 31 heavy (non-hydrogen) atoms. The first-order valence-corrected chi connectivity index (χ1v) is 11.8. The molecule has 1 N–H and O–H groups in total. The SMILES string of the molecule is [B]N1CCC(CCc2noc3c(CN(C)C)c(OCC4CCC(O)CC4)ccc23)CC1. The smallest absolute Gasteiger partial charge is 0.182 e. The van der Waals surface area contributed by atoms with Gasteiger partial charge >= 0.3 is 0 Å². The lowest BCUT2D eigenvalue weighted by Gasteiger charge is -2.29. The van der Waals surface area contributed by atoms with Crippen LogP contribution in [0.2, 0.25) is 0 Å². The summed E-state index contributed by atoms with van der Waals surface area (Å²) in [5.74, 6) is 2.12. The zero-order valence-corrected chi connectivity index (χ0v) is 19.1. The Hall–Kier alpha value is -1.57. The van der Waals surface area contributed by atoms with Crippen LogP contribution in [-0.2, 0) is 13.0 Å². The van der Waals surface area contributed by atoms with Gasteiger partial charge in [0.2, 0.25) is 0 Å². The van der Waals surface area contributed by atoms with Crippen LogP contribution in [0.15, 0.2) is 16.7 Å². The summed E-state index contributed by atoms with van der Waals surface area (Å²) < 4.78 is 12.1. The highest BCUT2D eigenvalue weighted by Gasteiger charge is 2.23. The van der Waals surface area contributed by atoms with E-state index in [1.807, 2.05) is 4.81 Å². The van der Waals surface area contributed by atoms with Crippen LogP contribution in [0.4, 0.5) is 0 Å². The molecule has 168 valence electrons. The van der Waals surface area contributed by atoms with Gasteiger partial charge in [0.05, 0.1) is 24.0 Å². The van der Waals surface area contributed by atoms with Crippen molar-refractivity contribution in [3.8, 4) is 5.75 Å². The number of hydrogen-bond donors (Lipinski definition) is 1. The summed E-state index contributed by atoms with van der Waals surface area (Å²) in [5.41, 5.74) is 2.99. The molecule has 6 nitrogen and oxygen atoms in total. The number of hydrogen-bond acceptors (Lipinski definition) is 6. The molecule has 1 aromatic heterocycles. The summed E-state index contributed by atoms with van der Waals surface area (Å²) in [6.45, 7) is 3.41. The van der Waals surface area contributed by atoms with E-state index >= 15 is 0 Å². The lowest BCUT2D eigenvalue weighted by molar-refractivity contribution is 0.0914. The summed E-state index contributed by atoms with van der Waals surface area (Å²) in [5, 5.41) is 15.3. The minimum absolute atomic E-state index is 0.132. The van der Waals surface area contributed by atoms with E-state index in [2.05, 4.69) is 36.3 Å². The predicted molar refractivity (Wildman–Crippen MR) is 123 cm³/mol. The Labute approximate surface area is 187 Å². The molecule has 0 unspecified atom stereocenters. The fourth-order valence-corrected chi connectivity index (χ4v) is 4.97. The molecule has 2 radical (unpaired) electrons. The average Bonchev–Trinajstić information content (AvgIpc) is 3.17. The molecule has 1 saturated heterocycles. The molecule has 1 aromatic carbocycles. The fourth-order valence-electron chi connectivity index (χ4n) is 4.97. The van der Waals surface area contributed by atoms with Crippen LogP contribution in [0.3, 0.4) is 0 Å². The molecule has 1 aliphatic carbocycles. The second kappa shape index (κ2) is 10.4. The minimum atomic E-state index is -0.132. The van der Waals surface area contributed by atoms with Crippen molar-refractivity contribution in [3.63, 3.8) is 0 Å². The van der Waals surface area contributed by atoms with E-state index in [0.717, 1.165) is 99.0 Å². The van der Waals surface area contributed by atoms with E-state index < -0.39 is 0 Å². The van der Waals surface area contributed by atoms with E-state index in [1.165, 1.54) is 0 Å². The van der Waals surface area contributed by atoms with Crippen LogP contribution in [0.5, 0.6) is 5.75 Å². The Morgan fingerprint density at radius 3 is 2.58 bits per heavy atom. The molecule has 0 spiro atoms. The highest BCUT2D eigenvalue weighted by molar-refractivity contribution is 6.04. The topological polar surface area (TPSA) is 62.0 Å². The number of ether oxygens (including phenoxy) is 1. The summed E-state index contributed by atoms with van der Waals surface area (Å²) in [7, 11) is 10.0. The van der Waals surface area contributed by atoms with Crippen LogP contribution < -0.4 is 4.74 Å². The molecule has 0 amide bonds. The van der Waals surface area contributed by atoms with Crippen molar-refractivity contribution in [1.29, 1.82) is 0 Å². The number of piperidine rings is 1. The largest absolute Gasteiger partial charge is 0.493 e. The maximum Gasteiger partial charge on any atom is 0.182 e. The fraction of sp³-hybridized carbons (Fsp3) is 0.708. The van der Waals surface area contributed by atoms with Crippen molar-refractivity contribution >= 4 is 19.0 Å². The van der Waals surface area contributed by atoms with E-state index in [9.17, 15) is 5.11 Å². The van der Waals surface area contributed by atoms with Crippen molar-refractivity contribution in [2.45, 2.75) is 64.0 Å². The Kier molecular flexibility index (Phi) is 7.57. The normalized spacial score (nSPS) is 23.6. The van der Waals surface area contributed by atoms with Crippen LogP contribution in [-0.4, -0.2) is 67.9 Å². The summed E-state index contributed by atoms with van der Waals surface area (Å²) in [4.78, 5) is 4.06. The highest BCUT2D eigenvalue weighted by Crippen LogP contribution is 2.33. The number of aliphatic hydroxyl groups excluding tert-OH is 1. The number of rotatable bonds is 8. The third-order valence-electron chi connectivity index (χ3n) is 6.98. The predicted octanol–water partition coefficient (Wildman–Crippen LogP) is 3.55. The maximum atomic E-state index is 9.74. The van der Waals surface area contributed by atoms with Gasteiger partial charge in [-0.05, 0) is 103 Å². The molecule has 2 aromatic rings. The zero-order chi connectivity index (χ0) is 21.8. The van der Waals surface area contributed by atoms with Crippen LogP contribution in [0, 0.1) is 11.8 Å². The van der Waals surface area contributed by atoms with Gasteiger partial charge in [-0.1, -0.05) is 5.16 Å². The molecule has 2 fully saturated rings. The Morgan fingerprint density at radius 1 is 1.13 bits per heavy atom. The van der Waals surface area contributed by atoms with Gasteiger partial charge in [0.15, 0.2) is 13.6 Å². The molecule has 2 aliphatic rings. The second-order valence-electron chi connectivity index (χ2n) is 9.79. The first-order chi connectivity index (χ1) is 15.0. The molecule has 0 atom stereocenters. The van der Waals surface area contributed by atoms with Gasteiger partial charge in [0.25, 0.3) is 0 Å². The van der Waals surface area contributed by atoms with E-state index in [1.54, 1.807) is 0 Å². The zero-order valence-electron chi connectivity index (χ0n) is 19.1. The van der Waals surface area contributed by atoms with Gasteiger partial charge in [0.1, 0.15) is 5.75 Å². The van der Waals surface area contributed by atoms with Gasteiger partial charge in [-0.15, -0.1) is 0 Å². The van der Waals surface area contributed by atoms with Crippen LogP contribution in [0.1, 0.15) is 56.2 Å². The number of nitrogens with zero attached hydrogens (tertiary/aromatic N) is 3. The lowest BCUT2D eigenvalue weighted by atomic mass is 9.88. The Morgan fingerprint density at radius 2 is 1.87 bits per heavy atom. The number of aryl methyl sites for hydroxylation is 1. The van der Waals surface area contributed by atoms with E-state index in [0.29, 0.717) is 18.4 Å². The second-order valence-corrected chi connectivity index (χ2v) is 9.79. The summed E-state index contributed by atoms with van der Waals surface area (Å²) in [6, 6.07) is 4.20. The molecule has 0 bridgehead atoms. The first-order valence-electron chi connectivity index (χ1n) is 11.8. The molecule has 2 heterocycles. The van der Waals surface area contributed by atoms with Crippen molar-refractivity contribution in [2.75, 3.05) is 33.8 Å². The average molecular weight is 425 g/mol. The van der Waals surface area contributed by atoms with Crippen molar-refractivity contribution in [2.24, 2.45) is 11.8 Å². The molecule has 1 aliphatic heterocycles.